The molecule has 4 rings (SSSR count). The van der Waals surface area contributed by atoms with Crippen molar-refractivity contribution < 1.29 is 9.18 Å². The molecule has 1 N–H and O–H groups in total. The van der Waals surface area contributed by atoms with Gasteiger partial charge in [-0.2, -0.15) is 5.10 Å². The molecule has 1 aliphatic rings. The van der Waals surface area contributed by atoms with Crippen molar-refractivity contribution in [3.05, 3.63) is 47.6 Å². The number of pyridine rings is 2. The van der Waals surface area contributed by atoms with Gasteiger partial charge in [0.05, 0.1) is 11.7 Å². The molecule has 0 atom stereocenters. The number of hydrogen-bond donors (Lipinski definition) is 1. The van der Waals surface area contributed by atoms with Crippen LogP contribution in [-0.2, 0) is 4.79 Å². The number of nitrogens with zero attached hydrogens (tertiary/aromatic N) is 3. The Morgan fingerprint density at radius 1 is 1.35 bits per heavy atom. The van der Waals surface area contributed by atoms with E-state index in [2.05, 4.69) is 15.4 Å². The Balaban J connectivity index is 1.69. The number of fused-ring (bicyclic) bond motifs is 1. The Morgan fingerprint density at radius 2 is 2.17 bits per heavy atom. The molecule has 0 bridgehead atoms. The van der Waals surface area contributed by atoms with Crippen molar-refractivity contribution in [2.75, 3.05) is 5.32 Å². The normalized spacial score (nSPS) is 14.2. The van der Waals surface area contributed by atoms with Gasteiger partial charge in [-0.05, 0) is 36.6 Å². The van der Waals surface area contributed by atoms with Crippen LogP contribution in [0.3, 0.4) is 0 Å². The summed E-state index contributed by atoms with van der Waals surface area (Å²) < 4.78 is 15.6. The Kier molecular flexibility index (Phi) is 3.27. The average molecular weight is 331 g/mol. The molecule has 1 fully saturated rings. The summed E-state index contributed by atoms with van der Waals surface area (Å²) in [6.07, 6.45) is 4.68. The highest BCUT2D eigenvalue weighted by Gasteiger charge is 2.30. The lowest BCUT2D eigenvalue weighted by Crippen LogP contribution is -2.13. The average Bonchev–Trinajstić information content (AvgIpc) is 3.30. The van der Waals surface area contributed by atoms with Crippen molar-refractivity contribution in [3.63, 3.8) is 0 Å². The van der Waals surface area contributed by atoms with Crippen LogP contribution in [0.2, 0.25) is 5.15 Å². The number of hydrogen-bond acceptors (Lipinski definition) is 3. The number of amides is 1. The first-order valence-electron chi connectivity index (χ1n) is 7.22. The summed E-state index contributed by atoms with van der Waals surface area (Å²) in [5.41, 5.74) is 1.79. The zero-order chi connectivity index (χ0) is 16.0. The molecule has 5 nitrogen and oxygen atoms in total. The molecule has 0 radical (unpaired) electrons. The number of nitrogens with one attached hydrogen (secondary N) is 1. The molecule has 1 amide bonds. The highest BCUT2D eigenvalue weighted by Crippen LogP contribution is 2.30. The van der Waals surface area contributed by atoms with Crippen molar-refractivity contribution in [2.45, 2.75) is 12.8 Å². The summed E-state index contributed by atoms with van der Waals surface area (Å²) in [5, 5.41) is 7.32. The van der Waals surface area contributed by atoms with Gasteiger partial charge in [0, 0.05) is 23.7 Å². The summed E-state index contributed by atoms with van der Waals surface area (Å²) in [7, 11) is 0. The predicted molar refractivity (Wildman–Crippen MR) is 84.7 cm³/mol. The molecule has 3 aromatic rings. The minimum Gasteiger partial charge on any atom is -0.309 e. The van der Waals surface area contributed by atoms with E-state index in [0.717, 1.165) is 24.6 Å². The van der Waals surface area contributed by atoms with Gasteiger partial charge in [-0.25, -0.2) is 13.9 Å². The molecule has 116 valence electrons. The molecule has 23 heavy (non-hydrogen) atoms. The van der Waals surface area contributed by atoms with Crippen molar-refractivity contribution in [3.8, 4) is 11.1 Å². The minimum atomic E-state index is -0.444. The third-order valence-corrected chi connectivity index (χ3v) is 4.00. The van der Waals surface area contributed by atoms with Gasteiger partial charge in [-0.3, -0.25) is 4.79 Å². The number of carbonyl (C=O) groups excluding carboxylic acids is 1. The van der Waals surface area contributed by atoms with Crippen molar-refractivity contribution in [1.82, 2.24) is 14.6 Å². The fourth-order valence-corrected chi connectivity index (χ4v) is 2.59. The van der Waals surface area contributed by atoms with Crippen LogP contribution in [0, 0.1) is 11.7 Å². The molecule has 0 spiro atoms. The van der Waals surface area contributed by atoms with E-state index in [0.29, 0.717) is 16.9 Å². The first-order valence-corrected chi connectivity index (χ1v) is 7.60. The molecule has 3 heterocycles. The maximum atomic E-state index is 13.9. The molecule has 0 saturated heterocycles. The lowest BCUT2D eigenvalue weighted by molar-refractivity contribution is -0.117. The van der Waals surface area contributed by atoms with E-state index in [-0.39, 0.29) is 17.0 Å². The standard InChI is InChI=1S/C16H12ClFN4O/c17-14-7-12(13(18)8-19-14)10-3-4-22-11(5-10)6-15(21-22)20-16(23)9-1-2-9/h3-9H,1-2H2,(H,20,21,23). The highest BCUT2D eigenvalue weighted by molar-refractivity contribution is 6.29. The smallest absolute Gasteiger partial charge is 0.228 e. The molecular weight excluding hydrogens is 319 g/mol. The van der Waals surface area contributed by atoms with Crippen molar-refractivity contribution in [1.29, 1.82) is 0 Å². The van der Waals surface area contributed by atoms with Crippen LogP contribution in [0.25, 0.3) is 16.6 Å². The molecular formula is C16H12ClFN4O. The molecule has 1 aliphatic carbocycles. The van der Waals surface area contributed by atoms with E-state index in [1.54, 1.807) is 28.9 Å². The zero-order valence-electron chi connectivity index (χ0n) is 12.0. The monoisotopic (exact) mass is 330 g/mol. The third-order valence-electron chi connectivity index (χ3n) is 3.80. The van der Waals surface area contributed by atoms with E-state index in [4.69, 9.17) is 11.6 Å². The van der Waals surface area contributed by atoms with Gasteiger partial charge < -0.3 is 5.32 Å². The summed E-state index contributed by atoms with van der Waals surface area (Å²) in [4.78, 5) is 15.5. The van der Waals surface area contributed by atoms with E-state index in [1.807, 2.05) is 0 Å². The molecule has 0 aliphatic heterocycles. The first kappa shape index (κ1) is 14.1. The SMILES string of the molecule is O=C(Nc1cc2cc(-c3cc(Cl)ncc3F)ccn2n1)C1CC1. The van der Waals surface area contributed by atoms with Gasteiger partial charge in [0.2, 0.25) is 5.91 Å². The number of anilines is 1. The zero-order valence-corrected chi connectivity index (χ0v) is 12.7. The second kappa shape index (κ2) is 5.31. The van der Waals surface area contributed by atoms with Crippen LogP contribution in [0.4, 0.5) is 10.2 Å². The number of halogens is 2. The lowest BCUT2D eigenvalue weighted by atomic mass is 10.1. The Labute approximate surface area is 136 Å². The first-order chi connectivity index (χ1) is 11.1. The summed E-state index contributed by atoms with van der Waals surface area (Å²) in [6.45, 7) is 0. The number of rotatable bonds is 3. The highest BCUT2D eigenvalue weighted by atomic mass is 35.5. The van der Waals surface area contributed by atoms with Gasteiger partial charge in [0.15, 0.2) is 5.82 Å². The molecule has 0 aromatic carbocycles. The maximum Gasteiger partial charge on any atom is 0.228 e. The quantitative estimate of drug-likeness (QED) is 0.747. The van der Waals surface area contributed by atoms with Crippen LogP contribution in [0.15, 0.2) is 36.7 Å². The van der Waals surface area contributed by atoms with Crippen molar-refractivity contribution >= 4 is 28.8 Å². The minimum absolute atomic E-state index is 0.000546. The van der Waals surface area contributed by atoms with E-state index < -0.39 is 5.82 Å². The Bertz CT molecular complexity index is 920. The van der Waals surface area contributed by atoms with Gasteiger partial charge in [-0.15, -0.1) is 0 Å². The van der Waals surface area contributed by atoms with E-state index in [1.165, 1.54) is 6.07 Å². The molecule has 7 heteroatoms. The predicted octanol–water partition coefficient (Wildman–Crippen LogP) is 3.54. The second-order valence-electron chi connectivity index (χ2n) is 5.56. The van der Waals surface area contributed by atoms with Crippen LogP contribution in [0.1, 0.15) is 12.8 Å². The van der Waals surface area contributed by atoms with E-state index in [9.17, 15) is 9.18 Å². The molecule has 0 unspecified atom stereocenters. The van der Waals surface area contributed by atoms with E-state index >= 15 is 0 Å². The topological polar surface area (TPSA) is 59.3 Å². The van der Waals surface area contributed by atoms with Crippen LogP contribution >= 0.6 is 11.6 Å². The van der Waals surface area contributed by atoms with Crippen LogP contribution < -0.4 is 5.32 Å². The lowest BCUT2D eigenvalue weighted by Gasteiger charge is -2.04. The third kappa shape index (κ3) is 2.77. The summed E-state index contributed by atoms with van der Waals surface area (Å²) in [5.74, 6) is 0.164. The number of aromatic nitrogens is 3. The fraction of sp³-hybridized carbons (Fsp3) is 0.188. The largest absolute Gasteiger partial charge is 0.309 e. The number of carbonyl (C=O) groups is 1. The van der Waals surface area contributed by atoms with Crippen LogP contribution in [-0.4, -0.2) is 20.5 Å². The Hall–Kier alpha value is -2.47. The maximum absolute atomic E-state index is 13.9. The second-order valence-corrected chi connectivity index (χ2v) is 5.95. The van der Waals surface area contributed by atoms with Crippen LogP contribution in [0.5, 0.6) is 0 Å². The molecule has 1 saturated carbocycles. The van der Waals surface area contributed by atoms with Gasteiger partial charge in [0.1, 0.15) is 11.0 Å². The van der Waals surface area contributed by atoms with Gasteiger partial charge in [0.25, 0.3) is 0 Å². The molecule has 3 aromatic heterocycles. The van der Waals surface area contributed by atoms with Gasteiger partial charge in [-0.1, -0.05) is 11.6 Å². The van der Waals surface area contributed by atoms with Crippen molar-refractivity contribution in [2.24, 2.45) is 5.92 Å². The van der Waals surface area contributed by atoms with Gasteiger partial charge >= 0.3 is 0 Å². The Morgan fingerprint density at radius 3 is 2.96 bits per heavy atom. The fourth-order valence-electron chi connectivity index (χ4n) is 2.43. The summed E-state index contributed by atoms with van der Waals surface area (Å²) >= 11 is 5.84. The summed E-state index contributed by atoms with van der Waals surface area (Å²) in [6, 6.07) is 6.76.